The molecule has 3 rings (SSSR count). The molecule has 0 spiro atoms. The molecule has 1 amide bonds. The largest absolute Gasteiger partial charge is 0.355 e. The summed E-state index contributed by atoms with van der Waals surface area (Å²) < 4.78 is 1.03. The number of halogens is 1. The van der Waals surface area contributed by atoms with Crippen LogP contribution in [0.3, 0.4) is 0 Å². The summed E-state index contributed by atoms with van der Waals surface area (Å²) in [5.41, 5.74) is 1.46. The minimum Gasteiger partial charge on any atom is -0.355 e. The number of rotatable bonds is 6. The summed E-state index contributed by atoms with van der Waals surface area (Å²) in [5, 5.41) is 3.54. The molecule has 5 nitrogen and oxygen atoms in total. The van der Waals surface area contributed by atoms with Gasteiger partial charge in [-0.3, -0.25) is 9.59 Å². The van der Waals surface area contributed by atoms with Gasteiger partial charge in [-0.15, -0.1) is 0 Å². The van der Waals surface area contributed by atoms with Crippen LogP contribution in [0.1, 0.15) is 31.7 Å². The Hall–Kier alpha value is -2.47. The molecule has 0 atom stereocenters. The highest BCUT2D eigenvalue weighted by Crippen LogP contribution is 2.24. The number of H-pyrrole nitrogens is 1. The van der Waals surface area contributed by atoms with Crippen LogP contribution in [0, 0.1) is 0 Å². The summed E-state index contributed by atoms with van der Waals surface area (Å²) in [5.74, 6) is 0.469. The van der Waals surface area contributed by atoms with Crippen LogP contribution in [0.25, 0.3) is 10.9 Å². The van der Waals surface area contributed by atoms with E-state index < -0.39 is 0 Å². The van der Waals surface area contributed by atoms with Crippen molar-refractivity contribution in [3.63, 3.8) is 0 Å². The molecule has 0 aliphatic carbocycles. The predicted octanol–water partition coefficient (Wildman–Crippen LogP) is 3.71. The van der Waals surface area contributed by atoms with Crippen LogP contribution in [0.5, 0.6) is 0 Å². The first-order chi connectivity index (χ1) is 12.8. The maximum Gasteiger partial charge on any atom is 0.258 e. The monoisotopic (exact) mass is 427 g/mol. The molecule has 0 radical (unpaired) electrons. The standard InChI is InChI=1S/C21H22BrN3O2/c1-21(2,14-7-9-15(22)10-8-14)13-23-19(26)12-11-18-24-17-6-4-3-5-16(17)20(27)25-18/h3-10H,11-13H2,1-2H3,(H,23,26)(H,24,25,27). The minimum absolute atomic E-state index is 0.0593. The minimum atomic E-state index is -0.175. The molecule has 0 saturated carbocycles. The predicted molar refractivity (Wildman–Crippen MR) is 111 cm³/mol. The topological polar surface area (TPSA) is 74.8 Å². The van der Waals surface area contributed by atoms with Crippen molar-refractivity contribution in [3.05, 3.63) is 74.7 Å². The van der Waals surface area contributed by atoms with E-state index in [-0.39, 0.29) is 23.3 Å². The summed E-state index contributed by atoms with van der Waals surface area (Å²) in [6.45, 7) is 4.73. The molecular weight excluding hydrogens is 406 g/mol. The molecule has 0 aliphatic heterocycles. The molecule has 0 aliphatic rings. The van der Waals surface area contributed by atoms with Gasteiger partial charge in [-0.2, -0.15) is 0 Å². The third kappa shape index (κ3) is 4.83. The van der Waals surface area contributed by atoms with E-state index in [0.29, 0.717) is 29.7 Å². The van der Waals surface area contributed by atoms with E-state index in [1.807, 2.05) is 18.2 Å². The Morgan fingerprint density at radius 2 is 1.85 bits per heavy atom. The number of fused-ring (bicyclic) bond motifs is 1. The van der Waals surface area contributed by atoms with Crippen LogP contribution in [-0.4, -0.2) is 22.4 Å². The lowest BCUT2D eigenvalue weighted by atomic mass is 9.84. The average Bonchev–Trinajstić information content (AvgIpc) is 2.65. The fourth-order valence-electron chi connectivity index (χ4n) is 2.90. The van der Waals surface area contributed by atoms with E-state index in [9.17, 15) is 9.59 Å². The zero-order valence-electron chi connectivity index (χ0n) is 15.4. The number of hydrogen-bond donors (Lipinski definition) is 2. The molecular formula is C21H22BrN3O2. The van der Waals surface area contributed by atoms with Crippen LogP contribution in [0.15, 0.2) is 57.8 Å². The van der Waals surface area contributed by atoms with Crippen molar-refractivity contribution in [2.45, 2.75) is 32.1 Å². The Morgan fingerprint density at radius 1 is 1.15 bits per heavy atom. The van der Waals surface area contributed by atoms with Crippen molar-refractivity contribution in [2.75, 3.05) is 6.54 Å². The van der Waals surface area contributed by atoms with Gasteiger partial charge in [0.25, 0.3) is 5.56 Å². The van der Waals surface area contributed by atoms with Gasteiger partial charge in [0, 0.05) is 29.3 Å². The first-order valence-electron chi connectivity index (χ1n) is 8.86. The van der Waals surface area contributed by atoms with E-state index in [2.05, 4.69) is 57.2 Å². The Kier molecular flexibility index (Phi) is 5.75. The van der Waals surface area contributed by atoms with Crippen molar-refractivity contribution >= 4 is 32.7 Å². The van der Waals surface area contributed by atoms with Crippen molar-refractivity contribution in [1.82, 2.24) is 15.3 Å². The highest BCUT2D eigenvalue weighted by atomic mass is 79.9. The van der Waals surface area contributed by atoms with Gasteiger partial charge < -0.3 is 10.3 Å². The number of carbonyl (C=O) groups excluding carboxylic acids is 1. The number of nitrogens with one attached hydrogen (secondary N) is 2. The van der Waals surface area contributed by atoms with Crippen molar-refractivity contribution in [3.8, 4) is 0 Å². The van der Waals surface area contributed by atoms with E-state index in [1.54, 1.807) is 18.2 Å². The molecule has 140 valence electrons. The fraction of sp³-hybridized carbons (Fsp3) is 0.286. The number of benzene rings is 2. The van der Waals surface area contributed by atoms with E-state index in [0.717, 1.165) is 10.0 Å². The summed E-state index contributed by atoms with van der Waals surface area (Å²) in [4.78, 5) is 31.5. The van der Waals surface area contributed by atoms with Gasteiger partial charge in [0.1, 0.15) is 5.82 Å². The number of aryl methyl sites for hydroxylation is 1. The summed E-state index contributed by atoms with van der Waals surface area (Å²) in [6.07, 6.45) is 0.669. The Bertz CT molecular complexity index is 1010. The summed E-state index contributed by atoms with van der Waals surface area (Å²) in [7, 11) is 0. The van der Waals surface area contributed by atoms with Crippen LogP contribution in [-0.2, 0) is 16.6 Å². The molecule has 27 heavy (non-hydrogen) atoms. The number of hydrogen-bond acceptors (Lipinski definition) is 3. The van der Waals surface area contributed by atoms with Crippen LogP contribution in [0.2, 0.25) is 0 Å². The smallest absolute Gasteiger partial charge is 0.258 e. The van der Waals surface area contributed by atoms with Crippen molar-refractivity contribution in [2.24, 2.45) is 0 Å². The summed E-state index contributed by atoms with van der Waals surface area (Å²) >= 11 is 3.44. The Morgan fingerprint density at radius 3 is 2.59 bits per heavy atom. The molecule has 2 aromatic carbocycles. The SMILES string of the molecule is CC(C)(CNC(=O)CCc1nc2ccccc2c(=O)[nH]1)c1ccc(Br)cc1. The number of nitrogens with zero attached hydrogens (tertiary/aromatic N) is 1. The van der Waals surface area contributed by atoms with Gasteiger partial charge in [-0.25, -0.2) is 4.98 Å². The molecule has 1 heterocycles. The van der Waals surface area contributed by atoms with Crippen molar-refractivity contribution < 1.29 is 4.79 Å². The molecule has 0 fully saturated rings. The molecule has 0 unspecified atom stereocenters. The van der Waals surface area contributed by atoms with Gasteiger partial charge >= 0.3 is 0 Å². The van der Waals surface area contributed by atoms with E-state index in [1.165, 1.54) is 0 Å². The van der Waals surface area contributed by atoms with Crippen LogP contribution < -0.4 is 10.9 Å². The molecule has 2 N–H and O–H groups in total. The maximum atomic E-state index is 12.3. The molecule has 1 aromatic heterocycles. The first kappa shape index (κ1) is 19.3. The lowest BCUT2D eigenvalue weighted by molar-refractivity contribution is -0.121. The molecule has 0 bridgehead atoms. The number of amides is 1. The highest BCUT2D eigenvalue weighted by molar-refractivity contribution is 9.10. The average molecular weight is 428 g/mol. The third-order valence-electron chi connectivity index (χ3n) is 4.60. The third-order valence-corrected chi connectivity index (χ3v) is 5.13. The van der Waals surface area contributed by atoms with Crippen molar-refractivity contribution in [1.29, 1.82) is 0 Å². The second-order valence-corrected chi connectivity index (χ2v) is 8.11. The lowest BCUT2D eigenvalue weighted by Gasteiger charge is -2.25. The van der Waals surface area contributed by atoms with E-state index >= 15 is 0 Å². The second kappa shape index (κ2) is 8.05. The molecule has 0 saturated heterocycles. The number of carbonyl (C=O) groups is 1. The van der Waals surface area contributed by atoms with Crippen LogP contribution >= 0.6 is 15.9 Å². The van der Waals surface area contributed by atoms with Gasteiger partial charge in [0.15, 0.2) is 0 Å². The lowest BCUT2D eigenvalue weighted by Crippen LogP contribution is -2.36. The van der Waals surface area contributed by atoms with Gasteiger partial charge in [-0.1, -0.05) is 54.0 Å². The zero-order valence-corrected chi connectivity index (χ0v) is 17.0. The van der Waals surface area contributed by atoms with Crippen LogP contribution in [0.4, 0.5) is 0 Å². The Balaban J connectivity index is 1.58. The first-order valence-corrected chi connectivity index (χ1v) is 9.65. The van der Waals surface area contributed by atoms with Gasteiger partial charge in [-0.05, 0) is 29.8 Å². The van der Waals surface area contributed by atoms with Gasteiger partial charge in [0.05, 0.1) is 10.9 Å². The number of para-hydroxylation sites is 1. The maximum absolute atomic E-state index is 12.3. The highest BCUT2D eigenvalue weighted by Gasteiger charge is 2.21. The second-order valence-electron chi connectivity index (χ2n) is 7.20. The normalized spacial score (nSPS) is 11.5. The van der Waals surface area contributed by atoms with E-state index in [4.69, 9.17) is 0 Å². The quantitative estimate of drug-likeness (QED) is 0.629. The molecule has 6 heteroatoms. The summed E-state index contributed by atoms with van der Waals surface area (Å²) in [6, 6.07) is 15.3. The van der Waals surface area contributed by atoms with Gasteiger partial charge in [0.2, 0.25) is 5.91 Å². The molecule has 3 aromatic rings. The number of aromatic amines is 1. The fourth-order valence-corrected chi connectivity index (χ4v) is 3.16. The zero-order chi connectivity index (χ0) is 19.4. The Labute approximate surface area is 166 Å². The number of aromatic nitrogens is 2.